The molecule has 5 nitrogen and oxygen atoms in total. The van der Waals surface area contributed by atoms with Gasteiger partial charge in [0.25, 0.3) is 5.91 Å². The number of nitrogens with one attached hydrogen (secondary N) is 1. The predicted octanol–water partition coefficient (Wildman–Crippen LogP) is 0.868. The van der Waals surface area contributed by atoms with E-state index >= 15 is 0 Å². The summed E-state index contributed by atoms with van der Waals surface area (Å²) in [7, 11) is 1.49. The lowest BCUT2D eigenvalue weighted by Gasteiger charge is -2.24. The Morgan fingerprint density at radius 1 is 1.53 bits per heavy atom. The van der Waals surface area contributed by atoms with Gasteiger partial charge in [-0.3, -0.25) is 4.79 Å². The molecule has 0 atom stereocenters. The third kappa shape index (κ3) is 3.35. The number of ether oxygens (including phenoxy) is 1. The van der Waals surface area contributed by atoms with Gasteiger partial charge < -0.3 is 20.9 Å². The van der Waals surface area contributed by atoms with Gasteiger partial charge in [-0.05, 0) is 26.0 Å². The molecular formula is C12H18N2O3. The van der Waals surface area contributed by atoms with E-state index < -0.39 is 5.54 Å². The van der Waals surface area contributed by atoms with Gasteiger partial charge in [0.05, 0.1) is 12.7 Å². The molecule has 1 amide bonds. The van der Waals surface area contributed by atoms with Crippen molar-refractivity contribution in [3.8, 4) is 11.5 Å². The van der Waals surface area contributed by atoms with E-state index in [0.29, 0.717) is 12.3 Å². The second kappa shape index (κ2) is 5.05. The normalized spacial score (nSPS) is 11.1. The molecule has 0 unspecified atom stereocenters. The topological polar surface area (TPSA) is 84.6 Å². The second-order valence-electron chi connectivity index (χ2n) is 4.43. The lowest BCUT2D eigenvalue weighted by atomic mass is 10.0. The molecule has 0 spiro atoms. The van der Waals surface area contributed by atoms with Crippen LogP contribution in [0, 0.1) is 0 Å². The van der Waals surface area contributed by atoms with Gasteiger partial charge in [0.1, 0.15) is 11.5 Å². The van der Waals surface area contributed by atoms with Crippen LogP contribution in [0.1, 0.15) is 24.2 Å². The maximum absolute atomic E-state index is 11.9. The molecule has 94 valence electrons. The van der Waals surface area contributed by atoms with Crippen molar-refractivity contribution in [2.75, 3.05) is 13.7 Å². The first-order chi connectivity index (χ1) is 7.89. The zero-order chi connectivity index (χ0) is 13.1. The highest BCUT2D eigenvalue weighted by Crippen LogP contribution is 2.23. The molecule has 0 heterocycles. The van der Waals surface area contributed by atoms with Crippen LogP contribution in [0.5, 0.6) is 11.5 Å². The molecule has 1 aromatic carbocycles. The Bertz CT molecular complexity index is 416. The first kappa shape index (κ1) is 13.3. The van der Waals surface area contributed by atoms with Crippen molar-refractivity contribution in [1.29, 1.82) is 0 Å². The molecule has 0 saturated carbocycles. The van der Waals surface area contributed by atoms with Gasteiger partial charge in [0, 0.05) is 18.2 Å². The van der Waals surface area contributed by atoms with Gasteiger partial charge in [0.15, 0.2) is 0 Å². The van der Waals surface area contributed by atoms with E-state index in [9.17, 15) is 9.90 Å². The van der Waals surface area contributed by atoms with E-state index in [2.05, 4.69) is 5.32 Å². The van der Waals surface area contributed by atoms with Crippen molar-refractivity contribution in [1.82, 2.24) is 5.32 Å². The summed E-state index contributed by atoms with van der Waals surface area (Å²) in [4.78, 5) is 11.9. The fourth-order valence-electron chi connectivity index (χ4n) is 1.26. The number of benzene rings is 1. The third-order valence-corrected chi connectivity index (χ3v) is 2.41. The highest BCUT2D eigenvalue weighted by Gasteiger charge is 2.21. The maximum Gasteiger partial charge on any atom is 0.255 e. The Kier molecular flexibility index (Phi) is 3.96. The summed E-state index contributed by atoms with van der Waals surface area (Å²) in [5.74, 6) is 0.0207. The van der Waals surface area contributed by atoms with Crippen LogP contribution in [0.15, 0.2) is 18.2 Å². The number of carbonyl (C=O) groups excluding carboxylic acids is 1. The van der Waals surface area contributed by atoms with Crippen LogP contribution in [-0.4, -0.2) is 30.2 Å². The minimum Gasteiger partial charge on any atom is -0.507 e. The number of amides is 1. The average Bonchev–Trinajstić information content (AvgIpc) is 2.28. The van der Waals surface area contributed by atoms with Crippen LogP contribution < -0.4 is 15.8 Å². The molecule has 0 aliphatic carbocycles. The maximum atomic E-state index is 11.9. The molecule has 1 aromatic rings. The minimum absolute atomic E-state index is 0.116. The average molecular weight is 238 g/mol. The number of methoxy groups -OCH3 is 1. The number of phenols is 1. The molecule has 0 fully saturated rings. The van der Waals surface area contributed by atoms with Crippen LogP contribution in [-0.2, 0) is 0 Å². The second-order valence-corrected chi connectivity index (χ2v) is 4.43. The Hall–Kier alpha value is -1.75. The van der Waals surface area contributed by atoms with Gasteiger partial charge in [-0.2, -0.15) is 0 Å². The first-order valence-electron chi connectivity index (χ1n) is 5.29. The summed E-state index contributed by atoms with van der Waals surface area (Å²) in [5.41, 5.74) is 5.21. The van der Waals surface area contributed by atoms with Crippen molar-refractivity contribution in [2.45, 2.75) is 19.4 Å². The van der Waals surface area contributed by atoms with E-state index in [1.54, 1.807) is 6.07 Å². The quantitative estimate of drug-likeness (QED) is 0.726. The van der Waals surface area contributed by atoms with E-state index in [1.165, 1.54) is 19.2 Å². The SMILES string of the molecule is COc1ccc(C(=O)NC(C)(C)CN)c(O)c1. The smallest absolute Gasteiger partial charge is 0.255 e. The van der Waals surface area contributed by atoms with Gasteiger partial charge in [-0.1, -0.05) is 0 Å². The molecule has 0 aromatic heterocycles. The summed E-state index contributed by atoms with van der Waals surface area (Å²) in [6.07, 6.45) is 0. The summed E-state index contributed by atoms with van der Waals surface area (Å²) in [6.45, 7) is 3.94. The molecule has 0 aliphatic rings. The number of hydrogen-bond acceptors (Lipinski definition) is 4. The van der Waals surface area contributed by atoms with Crippen molar-refractivity contribution >= 4 is 5.91 Å². The Morgan fingerprint density at radius 3 is 2.65 bits per heavy atom. The molecule has 0 radical (unpaired) electrons. The highest BCUT2D eigenvalue weighted by molar-refractivity contribution is 5.97. The number of phenolic OH excluding ortho intramolecular Hbond substituents is 1. The molecular weight excluding hydrogens is 220 g/mol. The molecule has 0 saturated heterocycles. The summed E-state index contributed by atoms with van der Waals surface area (Å²) in [6, 6.07) is 4.52. The van der Waals surface area contributed by atoms with E-state index in [4.69, 9.17) is 10.5 Å². The van der Waals surface area contributed by atoms with Crippen LogP contribution in [0.4, 0.5) is 0 Å². The molecule has 0 bridgehead atoms. The monoisotopic (exact) mass is 238 g/mol. The van der Waals surface area contributed by atoms with Crippen molar-refractivity contribution in [3.63, 3.8) is 0 Å². The van der Waals surface area contributed by atoms with Crippen LogP contribution in [0.2, 0.25) is 0 Å². The fourth-order valence-corrected chi connectivity index (χ4v) is 1.26. The van der Waals surface area contributed by atoms with E-state index in [-0.39, 0.29) is 17.2 Å². The van der Waals surface area contributed by atoms with Gasteiger partial charge in [-0.15, -0.1) is 0 Å². The summed E-state index contributed by atoms with van der Waals surface area (Å²) in [5, 5.41) is 12.4. The number of nitrogens with two attached hydrogens (primary N) is 1. The third-order valence-electron chi connectivity index (χ3n) is 2.41. The first-order valence-corrected chi connectivity index (χ1v) is 5.29. The van der Waals surface area contributed by atoms with Gasteiger partial charge in [0.2, 0.25) is 0 Å². The van der Waals surface area contributed by atoms with E-state index in [0.717, 1.165) is 0 Å². The Balaban J connectivity index is 2.90. The Morgan fingerprint density at radius 2 is 2.18 bits per heavy atom. The number of aromatic hydroxyl groups is 1. The zero-order valence-corrected chi connectivity index (χ0v) is 10.3. The minimum atomic E-state index is -0.510. The van der Waals surface area contributed by atoms with Gasteiger partial charge >= 0.3 is 0 Å². The van der Waals surface area contributed by atoms with Crippen molar-refractivity contribution in [2.24, 2.45) is 5.73 Å². The van der Waals surface area contributed by atoms with Gasteiger partial charge in [-0.25, -0.2) is 0 Å². The number of carbonyl (C=O) groups is 1. The number of hydrogen-bond donors (Lipinski definition) is 3. The van der Waals surface area contributed by atoms with Crippen LogP contribution in [0.3, 0.4) is 0 Å². The summed E-state index contributed by atoms with van der Waals surface area (Å²) < 4.78 is 4.94. The molecule has 1 rings (SSSR count). The highest BCUT2D eigenvalue weighted by atomic mass is 16.5. The van der Waals surface area contributed by atoms with Crippen LogP contribution in [0.25, 0.3) is 0 Å². The van der Waals surface area contributed by atoms with Crippen molar-refractivity contribution in [3.05, 3.63) is 23.8 Å². The van der Waals surface area contributed by atoms with Crippen molar-refractivity contribution < 1.29 is 14.6 Å². The standard InChI is InChI=1S/C12H18N2O3/c1-12(2,7-13)14-11(16)9-5-4-8(17-3)6-10(9)15/h4-6,15H,7,13H2,1-3H3,(H,14,16). The Labute approximate surface area is 101 Å². The number of rotatable bonds is 4. The molecule has 0 aliphatic heterocycles. The largest absolute Gasteiger partial charge is 0.507 e. The fraction of sp³-hybridized carbons (Fsp3) is 0.417. The lowest BCUT2D eigenvalue weighted by Crippen LogP contribution is -2.48. The molecule has 17 heavy (non-hydrogen) atoms. The van der Waals surface area contributed by atoms with Crippen LogP contribution >= 0.6 is 0 Å². The summed E-state index contributed by atoms with van der Waals surface area (Å²) >= 11 is 0. The molecule has 4 N–H and O–H groups in total. The van der Waals surface area contributed by atoms with E-state index in [1.807, 2.05) is 13.8 Å². The predicted molar refractivity (Wildman–Crippen MR) is 65.3 cm³/mol. The lowest BCUT2D eigenvalue weighted by molar-refractivity contribution is 0.0913. The zero-order valence-electron chi connectivity index (χ0n) is 10.3. The molecule has 5 heteroatoms.